The van der Waals surface area contributed by atoms with Gasteiger partial charge in [-0.2, -0.15) is 0 Å². The first-order valence-corrected chi connectivity index (χ1v) is 9.12. The Hall–Kier alpha value is -0.610. The zero-order chi connectivity index (χ0) is 16.3. The van der Waals surface area contributed by atoms with E-state index in [2.05, 4.69) is 66.3 Å². The van der Waals surface area contributed by atoms with Gasteiger partial charge in [-0.25, -0.2) is 0 Å². The molecule has 1 aromatic carbocycles. The Morgan fingerprint density at radius 3 is 2.62 bits per heavy atom. The van der Waals surface area contributed by atoms with Crippen molar-refractivity contribution in [2.75, 3.05) is 46.3 Å². The van der Waals surface area contributed by atoms with Crippen LogP contribution in [0, 0.1) is 10.8 Å². The molecule has 0 aliphatic carbocycles. The minimum atomic E-state index is 0. The van der Waals surface area contributed by atoms with Crippen LogP contribution in [0.3, 0.4) is 0 Å². The van der Waals surface area contributed by atoms with Crippen LogP contribution in [0.15, 0.2) is 30.3 Å². The molecule has 1 spiro atoms. The van der Waals surface area contributed by atoms with Gasteiger partial charge in [-0.05, 0) is 49.4 Å². The van der Waals surface area contributed by atoms with Crippen molar-refractivity contribution >= 4 is 12.4 Å². The number of nitrogens with one attached hydrogen (secondary N) is 1. The van der Waals surface area contributed by atoms with Gasteiger partial charge in [-0.3, -0.25) is 0 Å². The summed E-state index contributed by atoms with van der Waals surface area (Å²) in [5, 5.41) is 3.56. The average molecular weight is 352 g/mol. The van der Waals surface area contributed by atoms with Crippen LogP contribution in [0.25, 0.3) is 0 Å². The maximum absolute atomic E-state index is 3.56. The minimum Gasteiger partial charge on any atom is -0.316 e. The number of hydrogen-bond donors (Lipinski definition) is 1. The first-order chi connectivity index (χ1) is 11.0. The second kappa shape index (κ2) is 8.18. The molecule has 2 saturated heterocycles. The topological polar surface area (TPSA) is 18.5 Å². The van der Waals surface area contributed by atoms with Crippen LogP contribution in [0.4, 0.5) is 0 Å². The zero-order valence-electron chi connectivity index (χ0n) is 15.6. The van der Waals surface area contributed by atoms with Gasteiger partial charge in [0.05, 0.1) is 0 Å². The summed E-state index contributed by atoms with van der Waals surface area (Å²) in [4.78, 5) is 5.18. The van der Waals surface area contributed by atoms with E-state index in [1.807, 2.05) is 0 Å². The molecule has 4 heteroatoms. The quantitative estimate of drug-likeness (QED) is 0.848. The lowest BCUT2D eigenvalue weighted by Gasteiger charge is -2.34. The molecule has 1 N–H and O–H groups in total. The molecule has 2 fully saturated rings. The molecule has 2 aliphatic heterocycles. The van der Waals surface area contributed by atoms with Crippen molar-refractivity contribution in [1.29, 1.82) is 0 Å². The lowest BCUT2D eigenvalue weighted by atomic mass is 9.86. The van der Waals surface area contributed by atoms with Crippen LogP contribution in [0.5, 0.6) is 0 Å². The summed E-state index contributed by atoms with van der Waals surface area (Å²) in [6, 6.07) is 10.8. The predicted octanol–water partition coefficient (Wildman–Crippen LogP) is 3.25. The first kappa shape index (κ1) is 19.7. The third kappa shape index (κ3) is 5.19. The smallest absolute Gasteiger partial charge is 0.0230 e. The van der Waals surface area contributed by atoms with Crippen LogP contribution in [0.2, 0.25) is 0 Å². The molecule has 2 heterocycles. The standard InChI is InChI=1S/C20H33N3.ClH/c1-19(2,15-22(3)13-18-7-5-4-6-8-18)16-23-12-10-20(17-23)9-11-21-14-20;/h4-8,21H,9-17H2,1-3H3;1H. The fraction of sp³-hybridized carbons (Fsp3) is 0.700. The van der Waals surface area contributed by atoms with Crippen LogP contribution < -0.4 is 5.32 Å². The van der Waals surface area contributed by atoms with Crippen molar-refractivity contribution < 1.29 is 0 Å². The van der Waals surface area contributed by atoms with E-state index in [0.717, 1.165) is 13.1 Å². The van der Waals surface area contributed by atoms with E-state index < -0.39 is 0 Å². The Morgan fingerprint density at radius 2 is 1.96 bits per heavy atom. The van der Waals surface area contributed by atoms with E-state index >= 15 is 0 Å². The zero-order valence-corrected chi connectivity index (χ0v) is 16.4. The molecular weight excluding hydrogens is 318 g/mol. The maximum atomic E-state index is 3.56. The minimum absolute atomic E-state index is 0. The van der Waals surface area contributed by atoms with Gasteiger partial charge in [0, 0.05) is 32.7 Å². The predicted molar refractivity (Wildman–Crippen MR) is 105 cm³/mol. The SMILES string of the molecule is CN(Cc1ccccc1)CC(C)(C)CN1CCC2(CCNC2)C1.Cl. The summed E-state index contributed by atoms with van der Waals surface area (Å²) >= 11 is 0. The highest BCUT2D eigenvalue weighted by Gasteiger charge is 2.41. The third-order valence-electron chi connectivity index (χ3n) is 5.49. The molecule has 0 bridgehead atoms. The number of nitrogens with zero attached hydrogens (tertiary/aromatic N) is 2. The molecule has 0 aromatic heterocycles. The molecular formula is C20H34ClN3. The Labute approximate surface area is 154 Å². The lowest BCUT2D eigenvalue weighted by Crippen LogP contribution is -2.41. The fourth-order valence-electron chi connectivity index (χ4n) is 4.64. The van der Waals surface area contributed by atoms with Gasteiger partial charge in [0.25, 0.3) is 0 Å². The number of hydrogen-bond acceptors (Lipinski definition) is 3. The summed E-state index contributed by atoms with van der Waals surface area (Å²) in [7, 11) is 2.25. The summed E-state index contributed by atoms with van der Waals surface area (Å²) in [5.41, 5.74) is 2.33. The molecule has 136 valence electrons. The number of benzene rings is 1. The van der Waals surface area contributed by atoms with E-state index in [1.54, 1.807) is 0 Å². The van der Waals surface area contributed by atoms with Crippen molar-refractivity contribution in [3.63, 3.8) is 0 Å². The van der Waals surface area contributed by atoms with Crippen molar-refractivity contribution in [2.24, 2.45) is 10.8 Å². The van der Waals surface area contributed by atoms with Crippen LogP contribution >= 0.6 is 12.4 Å². The Balaban J connectivity index is 0.00000208. The van der Waals surface area contributed by atoms with Gasteiger partial charge in [-0.1, -0.05) is 44.2 Å². The largest absolute Gasteiger partial charge is 0.316 e. The second-order valence-electron chi connectivity index (χ2n) is 8.71. The van der Waals surface area contributed by atoms with Gasteiger partial charge >= 0.3 is 0 Å². The van der Waals surface area contributed by atoms with E-state index in [1.165, 1.54) is 51.1 Å². The average Bonchev–Trinajstić information content (AvgIpc) is 3.09. The molecule has 3 nitrogen and oxygen atoms in total. The van der Waals surface area contributed by atoms with Crippen molar-refractivity contribution in [1.82, 2.24) is 15.1 Å². The number of likely N-dealkylation sites (tertiary alicyclic amines) is 1. The third-order valence-corrected chi connectivity index (χ3v) is 5.49. The molecule has 0 saturated carbocycles. The number of halogens is 1. The molecule has 24 heavy (non-hydrogen) atoms. The highest BCUT2D eigenvalue weighted by atomic mass is 35.5. The Kier molecular flexibility index (Phi) is 6.72. The van der Waals surface area contributed by atoms with Crippen molar-refractivity contribution in [2.45, 2.75) is 33.2 Å². The fourth-order valence-corrected chi connectivity index (χ4v) is 4.64. The summed E-state index contributed by atoms with van der Waals surface area (Å²) in [5.74, 6) is 0. The van der Waals surface area contributed by atoms with E-state index in [-0.39, 0.29) is 12.4 Å². The highest BCUT2D eigenvalue weighted by Crippen LogP contribution is 2.37. The monoisotopic (exact) mass is 351 g/mol. The van der Waals surface area contributed by atoms with Crippen LogP contribution in [-0.2, 0) is 6.54 Å². The Bertz CT molecular complexity index is 497. The molecule has 1 aromatic rings. The molecule has 1 unspecified atom stereocenters. The Morgan fingerprint density at radius 1 is 1.21 bits per heavy atom. The van der Waals surface area contributed by atoms with Crippen LogP contribution in [-0.4, -0.2) is 56.1 Å². The molecule has 1 atom stereocenters. The lowest BCUT2D eigenvalue weighted by molar-refractivity contribution is 0.138. The van der Waals surface area contributed by atoms with Crippen molar-refractivity contribution in [3.05, 3.63) is 35.9 Å². The van der Waals surface area contributed by atoms with Gasteiger partial charge in [-0.15, -0.1) is 12.4 Å². The molecule has 2 aliphatic rings. The highest BCUT2D eigenvalue weighted by molar-refractivity contribution is 5.85. The van der Waals surface area contributed by atoms with Gasteiger partial charge in [0.15, 0.2) is 0 Å². The summed E-state index contributed by atoms with van der Waals surface area (Å²) in [6.45, 7) is 13.3. The normalized spacial score (nSPS) is 24.7. The van der Waals surface area contributed by atoms with Gasteiger partial charge in [0.1, 0.15) is 0 Å². The van der Waals surface area contributed by atoms with E-state index in [9.17, 15) is 0 Å². The van der Waals surface area contributed by atoms with Gasteiger partial charge in [0.2, 0.25) is 0 Å². The van der Waals surface area contributed by atoms with E-state index in [0.29, 0.717) is 10.8 Å². The first-order valence-electron chi connectivity index (χ1n) is 9.12. The summed E-state index contributed by atoms with van der Waals surface area (Å²) in [6.07, 6.45) is 2.76. The maximum Gasteiger partial charge on any atom is 0.0230 e. The van der Waals surface area contributed by atoms with E-state index in [4.69, 9.17) is 0 Å². The second-order valence-corrected chi connectivity index (χ2v) is 8.71. The summed E-state index contributed by atoms with van der Waals surface area (Å²) < 4.78 is 0. The van der Waals surface area contributed by atoms with Crippen LogP contribution in [0.1, 0.15) is 32.3 Å². The number of rotatable bonds is 6. The van der Waals surface area contributed by atoms with Gasteiger partial charge < -0.3 is 15.1 Å². The molecule has 3 rings (SSSR count). The molecule has 0 amide bonds. The van der Waals surface area contributed by atoms with Crippen molar-refractivity contribution in [3.8, 4) is 0 Å². The molecule has 0 radical (unpaired) electrons.